The van der Waals surface area contributed by atoms with E-state index in [1.54, 1.807) is 42.7 Å². The van der Waals surface area contributed by atoms with Crippen molar-refractivity contribution in [2.75, 3.05) is 42.7 Å². The highest BCUT2D eigenvalue weighted by Gasteiger charge is 2.52. The summed E-state index contributed by atoms with van der Waals surface area (Å²) in [6.45, 7) is 46.1. The van der Waals surface area contributed by atoms with E-state index in [1.165, 1.54) is 0 Å². The molecule has 0 N–H and O–H groups in total. The number of hydrogen-bond donors (Lipinski definition) is 0. The van der Waals surface area contributed by atoms with Gasteiger partial charge in [-0.3, -0.25) is 0 Å². The van der Waals surface area contributed by atoms with Crippen LogP contribution in [0.5, 0.6) is 0 Å². The lowest BCUT2D eigenvalue weighted by Crippen LogP contribution is -2.62. The predicted octanol–water partition coefficient (Wildman–Crippen LogP) is 9.63. The summed E-state index contributed by atoms with van der Waals surface area (Å²) in [4.78, 5) is 0. The van der Waals surface area contributed by atoms with Crippen molar-refractivity contribution in [3.8, 4) is 0 Å². The standard InChI is InChI=1S/C32H92O16Si13/c1-33-60(34-2,35-3)31-29-49(7,8)39-51(11,12)41-53(15,16)43-55(19,20)45-57(23,24)47-59(27,28)48-58(25,26)46-56(21,22)44-54(17,18)42-52(13,14)40-50(9,10)30-32-61(36-4,37-5)38-6/h29-32H2,1-28H3. The molecule has 0 heterocycles. The highest BCUT2D eigenvalue weighted by atomic mass is 28.5. The van der Waals surface area contributed by atoms with Gasteiger partial charge in [0, 0.05) is 54.7 Å². The van der Waals surface area contributed by atoms with Crippen LogP contribution in [-0.4, -0.2) is 154 Å². The molecule has 0 radical (unpaired) electrons. The van der Waals surface area contributed by atoms with Crippen LogP contribution < -0.4 is 0 Å². The molecule has 0 aromatic carbocycles. The summed E-state index contributed by atoms with van der Waals surface area (Å²) in [5.74, 6) is 0. The van der Waals surface area contributed by atoms with Crippen LogP contribution in [0.15, 0.2) is 0 Å². The molecule has 0 bridgehead atoms. The lowest BCUT2D eigenvalue weighted by molar-refractivity contribution is 0.124. The molecule has 368 valence electrons. The molecule has 0 aromatic heterocycles. The Labute approximate surface area is 387 Å². The molecule has 0 aliphatic heterocycles. The summed E-state index contributed by atoms with van der Waals surface area (Å²) >= 11 is 0. The van der Waals surface area contributed by atoms with Gasteiger partial charge >= 0.3 is 94.7 Å². The highest BCUT2D eigenvalue weighted by molar-refractivity contribution is 6.93. The molecule has 0 aliphatic rings. The zero-order valence-electron chi connectivity index (χ0n) is 43.9. The summed E-state index contributed by atoms with van der Waals surface area (Å²) < 4.78 is 102. The van der Waals surface area contributed by atoms with E-state index in [-0.39, 0.29) is 0 Å². The average Bonchev–Trinajstić information content (AvgIpc) is 2.96. The van der Waals surface area contributed by atoms with E-state index in [1.807, 2.05) is 0 Å². The third-order valence-corrected chi connectivity index (χ3v) is 58.1. The second-order valence-corrected chi connectivity index (χ2v) is 68.3. The normalized spacial score (nSPS) is 15.5. The Bertz CT molecular complexity index is 1220. The van der Waals surface area contributed by atoms with Gasteiger partial charge in [-0.05, 0) is 156 Å². The minimum Gasteiger partial charge on any atom is -0.436 e. The van der Waals surface area contributed by atoms with Gasteiger partial charge in [0.25, 0.3) is 0 Å². The van der Waals surface area contributed by atoms with Crippen molar-refractivity contribution in [1.29, 1.82) is 0 Å². The molecule has 0 spiro atoms. The van der Waals surface area contributed by atoms with E-state index in [4.69, 9.17) is 67.7 Å². The van der Waals surface area contributed by atoms with Crippen LogP contribution in [0.4, 0.5) is 0 Å². The Kier molecular flexibility index (Phi) is 24.0. The number of rotatable bonds is 32. The monoisotopic (exact) mass is 1100 g/mol. The largest absolute Gasteiger partial charge is 0.499 e. The Balaban J connectivity index is 5.63. The Morgan fingerprint density at radius 3 is 0.459 bits per heavy atom. The van der Waals surface area contributed by atoms with Gasteiger partial charge in [0.15, 0.2) is 16.6 Å². The van der Waals surface area contributed by atoms with Crippen molar-refractivity contribution in [2.45, 2.75) is 168 Å². The molecule has 0 aliphatic carbocycles. The van der Waals surface area contributed by atoms with Gasteiger partial charge in [-0.15, -0.1) is 0 Å². The molecule has 0 unspecified atom stereocenters. The summed E-state index contributed by atoms with van der Waals surface area (Å²) in [5, 5.41) is 0. The lowest BCUT2D eigenvalue weighted by Gasteiger charge is -2.45. The van der Waals surface area contributed by atoms with Crippen LogP contribution in [0.2, 0.25) is 168 Å². The molecule has 0 aromatic rings. The summed E-state index contributed by atoms with van der Waals surface area (Å²) in [7, 11) is -24.4. The SMILES string of the molecule is CO[Si](CC[Si](C)(C)O[Si](C)(C)O[Si](C)(C)O[Si](C)(C)O[Si](C)(C)O[Si](C)(C)O[Si](C)(C)O[Si](C)(C)O[Si](C)(C)O[Si](C)(C)O[Si](C)(C)CC[Si](OC)(OC)OC)(OC)OC. The second-order valence-electron chi connectivity index (χ2n) is 20.7. The van der Waals surface area contributed by atoms with Crippen molar-refractivity contribution in [1.82, 2.24) is 0 Å². The lowest BCUT2D eigenvalue weighted by atomic mass is 10.9. The molecule has 0 fully saturated rings. The first-order valence-electron chi connectivity index (χ1n) is 21.2. The van der Waals surface area contributed by atoms with E-state index in [0.29, 0.717) is 12.1 Å². The van der Waals surface area contributed by atoms with Gasteiger partial charge in [0.1, 0.15) is 0 Å². The van der Waals surface area contributed by atoms with Gasteiger partial charge in [-0.2, -0.15) is 0 Å². The smallest absolute Gasteiger partial charge is 0.436 e. The van der Waals surface area contributed by atoms with Crippen LogP contribution in [-0.2, 0) is 67.7 Å². The van der Waals surface area contributed by atoms with Gasteiger partial charge in [0.2, 0.25) is 0 Å². The van der Waals surface area contributed by atoms with Crippen molar-refractivity contribution in [2.24, 2.45) is 0 Å². The van der Waals surface area contributed by atoms with E-state index < -0.39 is 111 Å². The Hall–Kier alpha value is 2.18. The van der Waals surface area contributed by atoms with Crippen LogP contribution in [0.1, 0.15) is 0 Å². The van der Waals surface area contributed by atoms with Crippen molar-refractivity contribution >= 4 is 111 Å². The van der Waals surface area contributed by atoms with Crippen molar-refractivity contribution in [3.63, 3.8) is 0 Å². The zero-order valence-corrected chi connectivity index (χ0v) is 56.9. The first-order valence-corrected chi connectivity index (χ1v) is 56.6. The summed E-state index contributed by atoms with van der Waals surface area (Å²) in [6.07, 6.45) is 0. The quantitative estimate of drug-likeness (QED) is 0.0589. The van der Waals surface area contributed by atoms with Gasteiger partial charge in [-0.1, -0.05) is 0 Å². The van der Waals surface area contributed by atoms with E-state index in [2.05, 4.69) is 144 Å². The van der Waals surface area contributed by atoms with E-state index in [0.717, 1.165) is 12.1 Å². The minimum absolute atomic E-state index is 0.683. The Morgan fingerprint density at radius 1 is 0.197 bits per heavy atom. The maximum Gasteiger partial charge on any atom is 0.499 e. The van der Waals surface area contributed by atoms with E-state index >= 15 is 0 Å². The summed E-state index contributed by atoms with van der Waals surface area (Å²) in [6, 6.07) is 3.01. The fraction of sp³-hybridized carbons (Fsp3) is 1.00. The zero-order chi connectivity index (χ0) is 48.6. The van der Waals surface area contributed by atoms with Gasteiger partial charge in [0.05, 0.1) is 0 Å². The van der Waals surface area contributed by atoms with Gasteiger partial charge < -0.3 is 67.7 Å². The molecule has 0 rings (SSSR count). The van der Waals surface area contributed by atoms with Crippen molar-refractivity contribution in [3.05, 3.63) is 0 Å². The Morgan fingerprint density at radius 2 is 0.328 bits per heavy atom. The third kappa shape index (κ3) is 25.4. The molecular formula is C32H92O16Si13. The molecule has 0 amide bonds. The third-order valence-electron chi connectivity index (χ3n) is 8.91. The van der Waals surface area contributed by atoms with Crippen molar-refractivity contribution < 1.29 is 67.7 Å². The fourth-order valence-electron chi connectivity index (χ4n) is 8.38. The topological polar surface area (TPSA) is 148 Å². The highest BCUT2D eigenvalue weighted by Crippen LogP contribution is 2.33. The van der Waals surface area contributed by atoms with E-state index in [9.17, 15) is 0 Å². The minimum atomic E-state index is -2.78. The maximum atomic E-state index is 6.86. The molecule has 0 saturated heterocycles. The van der Waals surface area contributed by atoms with Crippen LogP contribution in [0.3, 0.4) is 0 Å². The molecule has 16 nitrogen and oxygen atoms in total. The molecule has 29 heteroatoms. The second kappa shape index (κ2) is 23.2. The fourth-order valence-corrected chi connectivity index (χ4v) is 72.1. The molecule has 61 heavy (non-hydrogen) atoms. The van der Waals surface area contributed by atoms with Crippen LogP contribution in [0, 0.1) is 0 Å². The summed E-state index contributed by atoms with van der Waals surface area (Å²) in [5.41, 5.74) is 0. The van der Waals surface area contributed by atoms with Gasteiger partial charge in [-0.25, -0.2) is 0 Å². The maximum absolute atomic E-state index is 6.86. The average molecular weight is 1100 g/mol. The number of hydrogen-bond acceptors (Lipinski definition) is 16. The van der Waals surface area contributed by atoms with Crippen LogP contribution >= 0.6 is 0 Å². The molecule has 0 saturated carbocycles. The first-order chi connectivity index (χ1) is 26.8. The first kappa shape index (κ1) is 63.2. The van der Waals surface area contributed by atoms with Crippen LogP contribution in [0.25, 0.3) is 0 Å². The molecule has 0 atom stereocenters. The molecular weight excluding hydrogens is 1010 g/mol. The predicted molar refractivity (Wildman–Crippen MR) is 276 cm³/mol.